The van der Waals surface area contributed by atoms with Crippen molar-refractivity contribution in [2.75, 3.05) is 40.4 Å². The summed E-state index contributed by atoms with van der Waals surface area (Å²) < 4.78 is 9.94. The minimum atomic E-state index is -0.296. The molecule has 2 heterocycles. The van der Waals surface area contributed by atoms with Crippen molar-refractivity contribution >= 4 is 23.2 Å². The first-order valence-corrected chi connectivity index (χ1v) is 9.30. The van der Waals surface area contributed by atoms with Crippen molar-refractivity contribution in [2.45, 2.75) is 6.54 Å². The number of ether oxygens (including phenoxy) is 2. The maximum atomic E-state index is 12.6. The fourth-order valence-corrected chi connectivity index (χ4v) is 3.79. The zero-order valence-corrected chi connectivity index (χ0v) is 15.8. The Morgan fingerprint density at radius 2 is 1.88 bits per heavy atom. The second kappa shape index (κ2) is 8.33. The third kappa shape index (κ3) is 4.23. The van der Waals surface area contributed by atoms with E-state index in [9.17, 15) is 9.59 Å². The number of methoxy groups -OCH3 is 2. The number of esters is 1. The van der Waals surface area contributed by atoms with Crippen LogP contribution in [0.1, 0.15) is 25.6 Å². The highest BCUT2D eigenvalue weighted by molar-refractivity contribution is 7.12. The van der Waals surface area contributed by atoms with Gasteiger partial charge in [0, 0.05) is 38.3 Å². The number of piperazine rings is 1. The summed E-state index contributed by atoms with van der Waals surface area (Å²) in [7, 11) is 2.98. The molecule has 138 valence electrons. The summed E-state index contributed by atoms with van der Waals surface area (Å²) in [4.78, 5) is 29.0. The Kier molecular flexibility index (Phi) is 5.90. The van der Waals surface area contributed by atoms with Crippen molar-refractivity contribution in [3.8, 4) is 5.75 Å². The van der Waals surface area contributed by atoms with Gasteiger partial charge in [0.15, 0.2) is 0 Å². The van der Waals surface area contributed by atoms with Crippen LogP contribution in [0.3, 0.4) is 0 Å². The van der Waals surface area contributed by atoms with E-state index in [1.165, 1.54) is 18.4 Å². The number of hydrogen-bond acceptors (Lipinski definition) is 6. The number of carbonyl (C=O) groups is 2. The lowest BCUT2D eigenvalue weighted by molar-refractivity contribution is 0.0601. The summed E-state index contributed by atoms with van der Waals surface area (Å²) in [5, 5.41) is 1.99. The van der Waals surface area contributed by atoms with Gasteiger partial charge in [-0.15, -0.1) is 11.3 Å². The molecule has 0 spiro atoms. The van der Waals surface area contributed by atoms with E-state index in [1.54, 1.807) is 13.2 Å². The zero-order chi connectivity index (χ0) is 18.5. The van der Waals surface area contributed by atoms with Crippen molar-refractivity contribution < 1.29 is 19.1 Å². The first kappa shape index (κ1) is 18.4. The molecule has 6 nitrogen and oxygen atoms in total. The van der Waals surface area contributed by atoms with Gasteiger partial charge in [0.05, 0.1) is 14.2 Å². The highest BCUT2D eigenvalue weighted by atomic mass is 32.1. The predicted octanol–water partition coefficient (Wildman–Crippen LogP) is 2.50. The number of rotatable bonds is 5. The van der Waals surface area contributed by atoms with Crippen LogP contribution in [0.2, 0.25) is 0 Å². The second-order valence-electron chi connectivity index (χ2n) is 6.11. The van der Waals surface area contributed by atoms with E-state index < -0.39 is 0 Å². The molecule has 26 heavy (non-hydrogen) atoms. The minimum Gasteiger partial charge on any atom is -0.497 e. The van der Waals surface area contributed by atoms with Gasteiger partial charge in [-0.05, 0) is 35.2 Å². The van der Waals surface area contributed by atoms with Gasteiger partial charge in [-0.25, -0.2) is 4.79 Å². The van der Waals surface area contributed by atoms with Gasteiger partial charge >= 0.3 is 5.97 Å². The topological polar surface area (TPSA) is 59.1 Å². The summed E-state index contributed by atoms with van der Waals surface area (Å²) in [6.45, 7) is 3.75. The molecule has 3 rings (SSSR count). The minimum absolute atomic E-state index is 0.0343. The van der Waals surface area contributed by atoms with Crippen molar-refractivity contribution in [3.05, 3.63) is 51.7 Å². The molecule has 1 saturated heterocycles. The molecule has 1 aliphatic rings. The largest absolute Gasteiger partial charge is 0.497 e. The zero-order valence-electron chi connectivity index (χ0n) is 14.9. The standard InChI is InChI=1S/C19H22N2O4S/c1-24-16-5-3-4-15(11-16)18(22)21-8-6-20(7-9-21)12-14-10-17(26-13-14)19(23)25-2/h3-5,10-11,13H,6-9,12H2,1-2H3. The molecule has 1 aliphatic heterocycles. The first-order chi connectivity index (χ1) is 12.6. The van der Waals surface area contributed by atoms with E-state index in [0.29, 0.717) is 29.3 Å². The molecule has 0 unspecified atom stereocenters. The number of amides is 1. The van der Waals surface area contributed by atoms with Crippen LogP contribution in [-0.4, -0.2) is 62.1 Å². The van der Waals surface area contributed by atoms with Crippen LogP contribution in [0, 0.1) is 0 Å². The van der Waals surface area contributed by atoms with Gasteiger partial charge in [-0.2, -0.15) is 0 Å². The van der Waals surface area contributed by atoms with Crippen molar-refractivity contribution in [3.63, 3.8) is 0 Å². The normalized spacial score (nSPS) is 14.9. The smallest absolute Gasteiger partial charge is 0.348 e. The number of nitrogens with zero attached hydrogens (tertiary/aromatic N) is 2. The number of hydrogen-bond donors (Lipinski definition) is 0. The van der Waals surface area contributed by atoms with E-state index in [1.807, 2.05) is 34.5 Å². The van der Waals surface area contributed by atoms with Gasteiger partial charge in [-0.1, -0.05) is 6.07 Å². The fourth-order valence-electron chi connectivity index (χ4n) is 2.97. The van der Waals surface area contributed by atoms with Crippen LogP contribution in [0.5, 0.6) is 5.75 Å². The lowest BCUT2D eigenvalue weighted by Gasteiger charge is -2.34. The SMILES string of the molecule is COC(=O)c1cc(CN2CCN(C(=O)c3cccc(OC)c3)CC2)cs1. The van der Waals surface area contributed by atoms with Gasteiger partial charge < -0.3 is 14.4 Å². The Labute approximate surface area is 156 Å². The highest BCUT2D eigenvalue weighted by Crippen LogP contribution is 2.19. The van der Waals surface area contributed by atoms with E-state index >= 15 is 0 Å². The van der Waals surface area contributed by atoms with E-state index in [4.69, 9.17) is 9.47 Å². The molecule has 0 aliphatic carbocycles. The van der Waals surface area contributed by atoms with Crippen LogP contribution < -0.4 is 4.74 Å². The monoisotopic (exact) mass is 374 g/mol. The quantitative estimate of drug-likeness (QED) is 0.753. The Hall–Kier alpha value is -2.38. The van der Waals surface area contributed by atoms with Crippen LogP contribution in [0.4, 0.5) is 0 Å². The lowest BCUT2D eigenvalue weighted by Crippen LogP contribution is -2.48. The molecule has 2 aromatic rings. The number of carbonyl (C=O) groups excluding carboxylic acids is 2. The summed E-state index contributed by atoms with van der Waals surface area (Å²) in [5.74, 6) is 0.426. The maximum absolute atomic E-state index is 12.6. The Balaban J connectivity index is 1.54. The van der Waals surface area contributed by atoms with E-state index in [0.717, 1.165) is 25.2 Å². The second-order valence-corrected chi connectivity index (χ2v) is 7.02. The number of thiophene rings is 1. The molecule has 0 bridgehead atoms. The van der Waals surface area contributed by atoms with Crippen LogP contribution in [0.25, 0.3) is 0 Å². The van der Waals surface area contributed by atoms with E-state index in [-0.39, 0.29) is 11.9 Å². The summed E-state index contributed by atoms with van der Waals surface area (Å²) in [6.07, 6.45) is 0. The van der Waals surface area contributed by atoms with Crippen LogP contribution >= 0.6 is 11.3 Å². The third-order valence-electron chi connectivity index (χ3n) is 4.42. The van der Waals surface area contributed by atoms with Crippen LogP contribution in [0.15, 0.2) is 35.7 Å². The van der Waals surface area contributed by atoms with Crippen LogP contribution in [-0.2, 0) is 11.3 Å². The molecule has 0 radical (unpaired) electrons. The number of benzene rings is 1. The third-order valence-corrected chi connectivity index (χ3v) is 5.38. The first-order valence-electron chi connectivity index (χ1n) is 8.42. The van der Waals surface area contributed by atoms with Gasteiger partial charge in [-0.3, -0.25) is 9.69 Å². The van der Waals surface area contributed by atoms with Crippen molar-refractivity contribution in [2.24, 2.45) is 0 Å². The Morgan fingerprint density at radius 1 is 1.12 bits per heavy atom. The Bertz CT molecular complexity index is 781. The summed E-state index contributed by atoms with van der Waals surface area (Å²) in [5.41, 5.74) is 1.75. The predicted molar refractivity (Wildman–Crippen MR) is 99.8 cm³/mol. The molecule has 1 aromatic heterocycles. The molecular formula is C19H22N2O4S. The molecule has 1 fully saturated rings. The summed E-state index contributed by atoms with van der Waals surface area (Å²) >= 11 is 1.40. The van der Waals surface area contributed by atoms with Gasteiger partial charge in [0.2, 0.25) is 0 Å². The van der Waals surface area contributed by atoms with Crippen molar-refractivity contribution in [1.29, 1.82) is 0 Å². The molecule has 7 heteroatoms. The molecule has 0 N–H and O–H groups in total. The maximum Gasteiger partial charge on any atom is 0.348 e. The molecule has 1 amide bonds. The van der Waals surface area contributed by atoms with E-state index in [2.05, 4.69) is 4.90 Å². The summed E-state index contributed by atoms with van der Waals surface area (Å²) in [6, 6.07) is 9.13. The van der Waals surface area contributed by atoms with Gasteiger partial charge in [0.1, 0.15) is 10.6 Å². The highest BCUT2D eigenvalue weighted by Gasteiger charge is 2.23. The Morgan fingerprint density at radius 3 is 2.58 bits per heavy atom. The fraction of sp³-hybridized carbons (Fsp3) is 0.368. The molecule has 0 atom stereocenters. The van der Waals surface area contributed by atoms with Crippen molar-refractivity contribution in [1.82, 2.24) is 9.80 Å². The molecule has 1 aromatic carbocycles. The molecule has 0 saturated carbocycles. The average molecular weight is 374 g/mol. The average Bonchev–Trinajstić information content (AvgIpc) is 3.16. The van der Waals surface area contributed by atoms with Gasteiger partial charge in [0.25, 0.3) is 5.91 Å². The lowest BCUT2D eigenvalue weighted by atomic mass is 10.1. The molecular weight excluding hydrogens is 352 g/mol.